The fraction of sp³-hybridized carbons (Fsp3) is 0.672. The SMILES string of the molecule is CC(C)C[C@H](NC(=O)[C@H](CCC(=O)O)NC(=O)[C@H](CC(=O)O)NC(=O)[C@H](CS)NC(=O)[C@H](CC(=O)O)NC(=O)[C@@H]1CCCN1C(=O)[C@H](CC(N)=O)NC(=O)[C@H](CC(C)C)NC(=O)[C@H](CCC(=O)O)NC(=O)[C@H](CS)NC(=O)[C@@H](NC(=O)[C@H](CCC(=O)O)NC(=O)[C@@H](N)CCCN=C(N)N)C(C)C)C(=O)O. The van der Waals surface area contributed by atoms with Gasteiger partial charge in [0, 0.05) is 43.9 Å². The summed E-state index contributed by atoms with van der Waals surface area (Å²) < 4.78 is 0. The minimum Gasteiger partial charge on any atom is -0.481 e. The number of guanidine groups is 1. The second-order valence-corrected chi connectivity index (χ2v) is 26.4. The number of hydrogen-bond donors (Lipinski definition) is 23. The van der Waals surface area contributed by atoms with E-state index in [9.17, 15) is 122 Å². The van der Waals surface area contributed by atoms with Crippen LogP contribution < -0.4 is 81.4 Å². The third-order valence-corrected chi connectivity index (χ3v) is 16.3. The molecule has 0 radical (unpaired) electrons. The maximum Gasteiger partial charge on any atom is 0.326 e. The highest BCUT2D eigenvalue weighted by atomic mass is 32.1. The van der Waals surface area contributed by atoms with Crippen molar-refractivity contribution in [1.82, 2.24) is 63.4 Å². The molecule has 1 heterocycles. The van der Waals surface area contributed by atoms with Crippen LogP contribution in [0.15, 0.2) is 4.99 Å². The van der Waals surface area contributed by atoms with Gasteiger partial charge in [0.05, 0.1) is 25.3 Å². The largest absolute Gasteiger partial charge is 0.481 e. The van der Waals surface area contributed by atoms with Gasteiger partial charge in [-0.1, -0.05) is 41.5 Å². The van der Waals surface area contributed by atoms with Gasteiger partial charge >= 0.3 is 35.8 Å². The summed E-state index contributed by atoms with van der Waals surface area (Å²) in [7, 11) is 0. The number of carbonyl (C=O) groups excluding carboxylic acids is 13. The number of aliphatic carboxylic acids is 6. The Morgan fingerprint density at radius 1 is 0.429 bits per heavy atom. The zero-order chi connectivity index (χ0) is 80.3. The molecule has 13 atom stereocenters. The number of thiol groups is 2. The molecule has 1 rings (SSSR count). The number of hydrogen-bond acceptors (Lipinski definition) is 23. The molecule has 0 aliphatic carbocycles. The van der Waals surface area contributed by atoms with E-state index in [0.717, 1.165) is 4.90 Å². The van der Waals surface area contributed by atoms with Crippen LogP contribution in [0.2, 0.25) is 0 Å². The number of primary amides is 1. The molecule has 1 saturated heterocycles. The average Bonchev–Trinajstić information content (AvgIpc) is 1.71. The normalized spacial score (nSPS) is 16.0. The van der Waals surface area contributed by atoms with Gasteiger partial charge in [-0.15, -0.1) is 0 Å². The molecule has 0 unspecified atom stereocenters. The molecule has 0 aromatic rings. The van der Waals surface area contributed by atoms with Crippen molar-refractivity contribution in [2.75, 3.05) is 24.6 Å². The van der Waals surface area contributed by atoms with Gasteiger partial charge in [0.1, 0.15) is 72.5 Å². The maximum absolute atomic E-state index is 14.5. The smallest absolute Gasteiger partial charge is 0.326 e. The molecular formula is C61H99N17O25S2. The van der Waals surface area contributed by atoms with Gasteiger partial charge in [0.25, 0.3) is 0 Å². The first-order valence-corrected chi connectivity index (χ1v) is 34.5. The first-order chi connectivity index (χ1) is 48.9. The van der Waals surface area contributed by atoms with E-state index in [1.54, 1.807) is 27.7 Å². The minimum atomic E-state index is -2.09. The van der Waals surface area contributed by atoms with Gasteiger partial charge in [-0.05, 0) is 75.5 Å². The van der Waals surface area contributed by atoms with Crippen LogP contribution in [-0.2, 0) is 91.1 Å². The molecule has 13 amide bonds. The van der Waals surface area contributed by atoms with E-state index < -0.39 is 272 Å². The molecule has 0 saturated carbocycles. The van der Waals surface area contributed by atoms with E-state index in [-0.39, 0.29) is 63.5 Å². The van der Waals surface area contributed by atoms with Gasteiger partial charge in [-0.3, -0.25) is 91.3 Å². The Labute approximate surface area is 613 Å². The highest BCUT2D eigenvalue weighted by Gasteiger charge is 2.42. The average molecular weight is 1530 g/mol. The lowest BCUT2D eigenvalue weighted by Crippen LogP contribution is -2.61. The van der Waals surface area contributed by atoms with Crippen LogP contribution in [0.5, 0.6) is 0 Å². The molecule has 0 aromatic heterocycles. The van der Waals surface area contributed by atoms with Crippen molar-refractivity contribution in [2.24, 2.45) is 45.7 Å². The summed E-state index contributed by atoms with van der Waals surface area (Å²) >= 11 is 8.21. The number of carboxylic acids is 6. The van der Waals surface area contributed by atoms with E-state index in [2.05, 4.69) is 88.7 Å². The molecular weight excluding hydrogens is 1430 g/mol. The first-order valence-electron chi connectivity index (χ1n) is 33.2. The Kier molecular flexibility index (Phi) is 41.2. The lowest BCUT2D eigenvalue weighted by Gasteiger charge is -2.31. The lowest BCUT2D eigenvalue weighted by atomic mass is 10.0. The van der Waals surface area contributed by atoms with Gasteiger partial charge in [0.15, 0.2) is 5.96 Å². The van der Waals surface area contributed by atoms with E-state index in [4.69, 9.17) is 22.9 Å². The fourth-order valence-corrected chi connectivity index (χ4v) is 10.7. The second kappa shape index (κ2) is 46.5. The molecule has 1 fully saturated rings. The number of aliphatic imine (C=N–C) groups is 1. The summed E-state index contributed by atoms with van der Waals surface area (Å²) in [6.07, 6.45) is -7.47. The third kappa shape index (κ3) is 35.3. The summed E-state index contributed by atoms with van der Waals surface area (Å²) in [6, 6.07) is -22.2. The Morgan fingerprint density at radius 2 is 0.790 bits per heavy atom. The van der Waals surface area contributed by atoms with Crippen LogP contribution in [0.4, 0.5) is 0 Å². The molecule has 1 aliphatic heterocycles. The topological polar surface area (TPSA) is 698 Å². The number of amides is 13. The number of rotatable bonds is 50. The van der Waals surface area contributed by atoms with Crippen molar-refractivity contribution in [2.45, 2.75) is 216 Å². The van der Waals surface area contributed by atoms with Crippen molar-refractivity contribution in [3.63, 3.8) is 0 Å². The van der Waals surface area contributed by atoms with Crippen molar-refractivity contribution in [3.05, 3.63) is 0 Å². The molecule has 1 aliphatic rings. The molecule has 0 spiro atoms. The van der Waals surface area contributed by atoms with Crippen LogP contribution in [0.25, 0.3) is 0 Å². The third-order valence-electron chi connectivity index (χ3n) is 15.6. The Balaban J connectivity index is 3.50. The summed E-state index contributed by atoms with van der Waals surface area (Å²) in [5, 5.41) is 82.4. The van der Waals surface area contributed by atoms with E-state index in [0.29, 0.717) is 0 Å². The second-order valence-electron chi connectivity index (χ2n) is 25.7. The Hall–Kier alpha value is -10.1. The first kappa shape index (κ1) is 92.9. The van der Waals surface area contributed by atoms with E-state index in [1.807, 2.05) is 0 Å². The summed E-state index contributed by atoms with van der Waals surface area (Å²) in [5.41, 5.74) is 22.1. The molecule has 105 heavy (non-hydrogen) atoms. The van der Waals surface area contributed by atoms with Gasteiger partial charge in [0.2, 0.25) is 76.8 Å². The molecule has 44 heteroatoms. The highest BCUT2D eigenvalue weighted by molar-refractivity contribution is 7.80. The monoisotopic (exact) mass is 1530 g/mol. The number of carboxylic acid groups (broad SMARTS) is 6. The Morgan fingerprint density at radius 3 is 1.20 bits per heavy atom. The summed E-state index contributed by atoms with van der Waals surface area (Å²) in [6.45, 7) is 9.30. The standard InChI is InChI=1S/C61H99N17O25S2/c1-26(2)19-33(70-49(91)30(11-14-42(80)81)69-55(97)39(25-105)76-58(100)47(28(5)6)77-51(93)32(13-16-44(84)85)67-48(90)29(62)9-7-17-66-61(64)65)52(94)73-36(21-41(63)79)59(101)78-18-8-10-40(78)57(99)72-35(23-46(88)89)54(96)75-38(24-104)56(98)71-34(22-45(86)87)53(95)68-31(12-15-43(82)83)50(92)74-37(60(102)103)20-27(3)4/h26-40,47,104-105H,7-25,62H2,1-6H3,(H2,63,79)(H,67,90)(H,68,95)(H,69,97)(H,70,91)(H,71,98)(H,72,99)(H,73,94)(H,74,92)(H,75,96)(H,76,100)(H,77,93)(H,80,81)(H,82,83)(H,84,85)(H,86,87)(H,88,89)(H,102,103)(H4,64,65,66)/t29-,30-,31-,32-,33-,34-,35-,36-,37-,38-,39-,40-,47-/m0/s1. The maximum atomic E-state index is 14.5. The number of carbonyl (C=O) groups is 19. The van der Waals surface area contributed by atoms with Crippen LogP contribution in [0, 0.1) is 17.8 Å². The number of nitrogens with two attached hydrogens (primary N) is 4. The van der Waals surface area contributed by atoms with Crippen LogP contribution in [0.3, 0.4) is 0 Å². The highest BCUT2D eigenvalue weighted by Crippen LogP contribution is 2.21. The predicted octanol–water partition coefficient (Wildman–Crippen LogP) is -7.20. The van der Waals surface area contributed by atoms with Gasteiger partial charge < -0.3 is 117 Å². The van der Waals surface area contributed by atoms with Crippen molar-refractivity contribution >= 4 is 144 Å². The van der Waals surface area contributed by atoms with Crippen LogP contribution >= 0.6 is 25.3 Å². The summed E-state index contributed by atoms with van der Waals surface area (Å²) in [4.78, 5) is 254. The molecule has 0 aromatic carbocycles. The lowest BCUT2D eigenvalue weighted by molar-refractivity contribution is -0.145. The van der Waals surface area contributed by atoms with E-state index >= 15 is 0 Å². The molecule has 0 bridgehead atoms. The van der Waals surface area contributed by atoms with Crippen molar-refractivity contribution in [1.29, 1.82) is 0 Å². The van der Waals surface area contributed by atoms with E-state index in [1.165, 1.54) is 13.8 Å². The molecule has 590 valence electrons. The molecule has 42 nitrogen and oxygen atoms in total. The number of nitrogens with one attached hydrogen (secondary N) is 11. The number of likely N-dealkylation sites (tertiary alicyclic amines) is 1. The summed E-state index contributed by atoms with van der Waals surface area (Å²) in [5.74, 6) is -27.2. The van der Waals surface area contributed by atoms with Crippen molar-refractivity contribution < 1.29 is 122 Å². The molecule has 25 N–H and O–H groups in total. The zero-order valence-corrected chi connectivity index (χ0v) is 60.5. The zero-order valence-electron chi connectivity index (χ0n) is 58.7. The fourth-order valence-electron chi connectivity index (χ4n) is 10.2. The quantitative estimate of drug-likeness (QED) is 0.0116. The van der Waals surface area contributed by atoms with Gasteiger partial charge in [-0.2, -0.15) is 25.3 Å². The number of nitrogens with zero attached hydrogens (tertiary/aromatic N) is 2. The Bertz CT molecular complexity index is 3180. The predicted molar refractivity (Wildman–Crippen MR) is 372 cm³/mol. The van der Waals surface area contributed by atoms with Crippen LogP contribution in [-0.4, -0.2) is 257 Å². The van der Waals surface area contributed by atoms with Crippen molar-refractivity contribution in [3.8, 4) is 0 Å². The van der Waals surface area contributed by atoms with Gasteiger partial charge in [-0.25, -0.2) is 4.79 Å². The van der Waals surface area contributed by atoms with Crippen LogP contribution in [0.1, 0.15) is 138 Å². The minimum absolute atomic E-state index is 0.0388.